The molecule has 192 valence electrons. The van der Waals surface area contributed by atoms with Gasteiger partial charge in [-0.2, -0.15) is 0 Å². The van der Waals surface area contributed by atoms with Crippen molar-refractivity contribution < 1.29 is 9.59 Å². The van der Waals surface area contributed by atoms with Gasteiger partial charge in [0.05, 0.1) is 22.6 Å². The molecule has 38 heavy (non-hydrogen) atoms. The van der Waals surface area contributed by atoms with E-state index in [1.54, 1.807) is 24.7 Å². The molecule has 0 saturated carbocycles. The molecular weight excluding hydrogens is 496 g/mol. The van der Waals surface area contributed by atoms with E-state index in [2.05, 4.69) is 25.9 Å². The van der Waals surface area contributed by atoms with Crippen LogP contribution < -0.4 is 21.7 Å². The van der Waals surface area contributed by atoms with Gasteiger partial charge in [0.15, 0.2) is 0 Å². The first-order valence-corrected chi connectivity index (χ1v) is 13.1. The fourth-order valence-electron chi connectivity index (χ4n) is 4.16. The van der Waals surface area contributed by atoms with Crippen molar-refractivity contribution in [2.75, 3.05) is 17.6 Å². The largest absolute Gasteiger partial charge is 0.397 e. The highest BCUT2D eigenvalue weighted by molar-refractivity contribution is 7.20. The van der Waals surface area contributed by atoms with Gasteiger partial charge >= 0.3 is 0 Å². The highest BCUT2D eigenvalue weighted by Gasteiger charge is 2.21. The number of nitrogens with zero attached hydrogens (tertiary/aromatic N) is 1. The molecule has 2 amide bonds. The second-order valence-electron chi connectivity index (χ2n) is 8.87. The van der Waals surface area contributed by atoms with Gasteiger partial charge in [0, 0.05) is 36.1 Å². The number of rotatable bonds is 10. The summed E-state index contributed by atoms with van der Waals surface area (Å²) in [4.78, 5) is 33.9. The van der Waals surface area contributed by atoms with Crippen molar-refractivity contribution in [3.05, 3.63) is 113 Å². The second kappa shape index (κ2) is 11.7. The normalized spacial score (nSPS) is 11.8. The molecule has 0 saturated heterocycles. The van der Waals surface area contributed by atoms with Gasteiger partial charge in [0.25, 0.3) is 5.91 Å². The van der Waals surface area contributed by atoms with Crippen LogP contribution in [-0.2, 0) is 17.8 Å². The first-order chi connectivity index (χ1) is 18.6. The van der Waals surface area contributed by atoms with E-state index in [1.807, 2.05) is 66.7 Å². The van der Waals surface area contributed by atoms with Crippen molar-refractivity contribution >= 4 is 44.6 Å². The summed E-state index contributed by atoms with van der Waals surface area (Å²) in [6, 6.07) is 24.1. The van der Waals surface area contributed by atoms with Crippen molar-refractivity contribution in [1.29, 1.82) is 0 Å². The van der Waals surface area contributed by atoms with Crippen molar-refractivity contribution in [2.45, 2.75) is 19.0 Å². The summed E-state index contributed by atoms with van der Waals surface area (Å²) in [7, 11) is 0. The predicted octanol–water partition coefficient (Wildman–Crippen LogP) is 4.65. The minimum absolute atomic E-state index is 0.119. The number of nitrogens with two attached hydrogens (primary N) is 1. The van der Waals surface area contributed by atoms with E-state index in [9.17, 15) is 9.59 Å². The SMILES string of the molecule is Nc1ccccc1NC(=O)c1cc2ccc(C(NCCc3cnc[nH]3)C(=O)NCc3ccccc3)cc2s1. The molecule has 5 rings (SSSR count). The number of hydrogen-bond acceptors (Lipinski definition) is 6. The predicted molar refractivity (Wildman–Crippen MR) is 152 cm³/mol. The van der Waals surface area contributed by atoms with Crippen LogP contribution in [0.15, 0.2) is 91.4 Å². The average molecular weight is 525 g/mol. The molecule has 0 fully saturated rings. The number of anilines is 2. The Balaban J connectivity index is 1.34. The lowest BCUT2D eigenvalue weighted by atomic mass is 10.0. The van der Waals surface area contributed by atoms with E-state index in [1.165, 1.54) is 11.3 Å². The lowest BCUT2D eigenvalue weighted by molar-refractivity contribution is -0.123. The summed E-state index contributed by atoms with van der Waals surface area (Å²) in [6.45, 7) is 1.02. The van der Waals surface area contributed by atoms with Crippen LogP contribution in [0.25, 0.3) is 10.1 Å². The first kappa shape index (κ1) is 25.2. The van der Waals surface area contributed by atoms with Gasteiger partial charge in [0.1, 0.15) is 6.04 Å². The van der Waals surface area contributed by atoms with Gasteiger partial charge in [-0.25, -0.2) is 4.98 Å². The Labute approximate surface area is 224 Å². The number of amides is 2. The number of hydrogen-bond donors (Lipinski definition) is 5. The lowest BCUT2D eigenvalue weighted by Gasteiger charge is -2.19. The topological polar surface area (TPSA) is 125 Å². The van der Waals surface area contributed by atoms with Crippen molar-refractivity contribution in [2.24, 2.45) is 0 Å². The van der Waals surface area contributed by atoms with Crippen LogP contribution in [0.4, 0.5) is 11.4 Å². The molecule has 0 aliphatic heterocycles. The zero-order valence-corrected chi connectivity index (χ0v) is 21.4. The molecule has 5 aromatic rings. The maximum Gasteiger partial charge on any atom is 0.265 e. The van der Waals surface area contributed by atoms with E-state index in [0.29, 0.717) is 35.8 Å². The maximum atomic E-state index is 13.3. The van der Waals surface area contributed by atoms with Crippen LogP contribution in [-0.4, -0.2) is 28.3 Å². The van der Waals surface area contributed by atoms with E-state index >= 15 is 0 Å². The maximum absolute atomic E-state index is 13.3. The molecule has 6 N–H and O–H groups in total. The number of imidazole rings is 1. The summed E-state index contributed by atoms with van der Waals surface area (Å²) < 4.78 is 0.921. The summed E-state index contributed by atoms with van der Waals surface area (Å²) in [5.41, 5.74) is 9.91. The quantitative estimate of drug-likeness (QED) is 0.170. The highest BCUT2D eigenvalue weighted by atomic mass is 32.1. The molecular formula is C29H28N6O2S. The summed E-state index contributed by atoms with van der Waals surface area (Å²) in [5, 5.41) is 10.3. The fraction of sp³-hybridized carbons (Fsp3) is 0.138. The zero-order chi connectivity index (χ0) is 26.3. The van der Waals surface area contributed by atoms with Crippen LogP contribution in [0.5, 0.6) is 0 Å². The summed E-state index contributed by atoms with van der Waals surface area (Å²) in [5.74, 6) is -0.340. The number of benzene rings is 3. The van der Waals surface area contributed by atoms with E-state index in [0.717, 1.165) is 26.9 Å². The number of H-pyrrole nitrogens is 1. The van der Waals surface area contributed by atoms with Gasteiger partial charge in [-0.15, -0.1) is 11.3 Å². The van der Waals surface area contributed by atoms with Crippen molar-refractivity contribution in [1.82, 2.24) is 20.6 Å². The third-order valence-corrected chi connectivity index (χ3v) is 7.28. The van der Waals surface area contributed by atoms with E-state index in [4.69, 9.17) is 5.73 Å². The number of para-hydroxylation sites is 2. The molecule has 1 unspecified atom stereocenters. The van der Waals surface area contributed by atoms with Gasteiger partial charge in [-0.1, -0.05) is 54.6 Å². The number of fused-ring (bicyclic) bond motifs is 1. The van der Waals surface area contributed by atoms with Crippen LogP contribution in [0, 0.1) is 0 Å². The van der Waals surface area contributed by atoms with E-state index < -0.39 is 6.04 Å². The molecule has 3 aromatic carbocycles. The first-order valence-electron chi connectivity index (χ1n) is 12.3. The molecule has 1 atom stereocenters. The Morgan fingerprint density at radius 2 is 1.82 bits per heavy atom. The molecule has 0 radical (unpaired) electrons. The molecule has 2 aromatic heterocycles. The molecule has 9 heteroatoms. The molecule has 0 aliphatic carbocycles. The third-order valence-electron chi connectivity index (χ3n) is 6.18. The fourth-order valence-corrected chi connectivity index (χ4v) is 5.16. The van der Waals surface area contributed by atoms with Gasteiger partial charge in [0.2, 0.25) is 5.91 Å². The standard InChI is InChI=1S/C29H28N6O2S/c30-23-8-4-5-9-24(23)35-28(36)26-14-20-10-11-21(15-25(20)38-26)27(32-13-12-22-17-31-18-34-22)29(37)33-16-19-6-2-1-3-7-19/h1-11,14-15,17-18,27,32H,12-13,16,30H2,(H,31,34)(H,33,37)(H,35,36). The minimum atomic E-state index is -0.561. The van der Waals surface area contributed by atoms with Crippen LogP contribution in [0.2, 0.25) is 0 Å². The lowest BCUT2D eigenvalue weighted by Crippen LogP contribution is -2.38. The smallest absolute Gasteiger partial charge is 0.265 e. The van der Waals surface area contributed by atoms with Crippen LogP contribution >= 0.6 is 11.3 Å². The number of thiophene rings is 1. The number of carbonyl (C=O) groups excluding carboxylic acids is 2. The van der Waals surface area contributed by atoms with Crippen molar-refractivity contribution in [3.8, 4) is 0 Å². The number of nitrogen functional groups attached to an aromatic ring is 1. The molecule has 0 bridgehead atoms. The molecule has 8 nitrogen and oxygen atoms in total. The van der Waals surface area contributed by atoms with Gasteiger partial charge < -0.3 is 26.7 Å². The summed E-state index contributed by atoms with van der Waals surface area (Å²) in [6.07, 6.45) is 4.13. The Morgan fingerprint density at radius 1 is 1.00 bits per heavy atom. The Morgan fingerprint density at radius 3 is 2.61 bits per heavy atom. The van der Waals surface area contributed by atoms with Gasteiger partial charge in [-0.3, -0.25) is 9.59 Å². The molecule has 0 aliphatic rings. The number of carbonyl (C=O) groups is 2. The monoisotopic (exact) mass is 524 g/mol. The Hall–Kier alpha value is -4.47. The van der Waals surface area contributed by atoms with E-state index in [-0.39, 0.29) is 11.8 Å². The average Bonchev–Trinajstić information content (AvgIpc) is 3.61. The van der Waals surface area contributed by atoms with Crippen LogP contribution in [0.1, 0.15) is 32.5 Å². The van der Waals surface area contributed by atoms with Crippen molar-refractivity contribution in [3.63, 3.8) is 0 Å². The second-order valence-corrected chi connectivity index (χ2v) is 9.95. The highest BCUT2D eigenvalue weighted by Crippen LogP contribution is 2.30. The number of aromatic nitrogens is 2. The van der Waals surface area contributed by atoms with Gasteiger partial charge in [-0.05, 0) is 40.8 Å². The third kappa shape index (κ3) is 6.08. The van der Waals surface area contributed by atoms with Crippen LogP contribution in [0.3, 0.4) is 0 Å². The number of aromatic amines is 1. The number of nitrogens with one attached hydrogen (secondary N) is 4. The molecule has 0 spiro atoms. The summed E-state index contributed by atoms with van der Waals surface area (Å²) >= 11 is 1.38. The Kier molecular flexibility index (Phi) is 7.77. The molecule has 2 heterocycles. The Bertz CT molecular complexity index is 1530. The zero-order valence-electron chi connectivity index (χ0n) is 20.6. The minimum Gasteiger partial charge on any atom is -0.397 e.